The van der Waals surface area contributed by atoms with Crippen LogP contribution in [-0.2, 0) is 0 Å². The largest absolute Gasteiger partial charge is 0.326 e. The standard InChI is InChI=1S/C12H20N2S.ClH/c1-9(12-7-4-8-15-12)14-11-6-3-2-5-10(11)13;/h4,7-11,14H,2-3,5-6,13H2,1H3;1H. The lowest BCUT2D eigenvalue weighted by Gasteiger charge is -2.31. The molecule has 1 heterocycles. The zero-order valence-electron chi connectivity index (χ0n) is 9.69. The average molecular weight is 261 g/mol. The fraction of sp³-hybridized carbons (Fsp3) is 0.667. The summed E-state index contributed by atoms with van der Waals surface area (Å²) in [6.45, 7) is 2.23. The summed E-state index contributed by atoms with van der Waals surface area (Å²) in [7, 11) is 0. The molecule has 2 nitrogen and oxygen atoms in total. The van der Waals surface area contributed by atoms with Gasteiger partial charge in [-0.05, 0) is 31.2 Å². The summed E-state index contributed by atoms with van der Waals surface area (Å²) in [5.41, 5.74) is 6.12. The van der Waals surface area contributed by atoms with Crippen molar-refractivity contribution >= 4 is 23.7 Å². The number of nitrogens with two attached hydrogens (primary N) is 1. The smallest absolute Gasteiger partial charge is 0.0388 e. The lowest BCUT2D eigenvalue weighted by molar-refractivity contribution is 0.308. The molecule has 0 amide bonds. The Kier molecular flexibility index (Phi) is 5.76. The minimum atomic E-state index is 0. The van der Waals surface area contributed by atoms with Gasteiger partial charge in [0.25, 0.3) is 0 Å². The van der Waals surface area contributed by atoms with Crippen LogP contribution >= 0.6 is 23.7 Å². The van der Waals surface area contributed by atoms with Gasteiger partial charge in [-0.25, -0.2) is 0 Å². The predicted octanol–water partition coefficient (Wildman–Crippen LogP) is 3.09. The lowest BCUT2D eigenvalue weighted by atomic mass is 9.90. The highest BCUT2D eigenvalue weighted by Gasteiger charge is 2.23. The van der Waals surface area contributed by atoms with Gasteiger partial charge in [0.1, 0.15) is 0 Å². The third-order valence-electron chi connectivity index (χ3n) is 3.25. The lowest BCUT2D eigenvalue weighted by Crippen LogP contribution is -2.47. The molecule has 3 N–H and O–H groups in total. The van der Waals surface area contributed by atoms with Gasteiger partial charge in [-0.2, -0.15) is 0 Å². The summed E-state index contributed by atoms with van der Waals surface area (Å²) in [5, 5.41) is 5.79. The molecule has 4 heteroatoms. The molecular formula is C12H21ClN2S. The van der Waals surface area contributed by atoms with Crippen LogP contribution in [-0.4, -0.2) is 12.1 Å². The molecule has 2 rings (SSSR count). The number of nitrogens with one attached hydrogen (secondary N) is 1. The van der Waals surface area contributed by atoms with E-state index < -0.39 is 0 Å². The van der Waals surface area contributed by atoms with Crippen LogP contribution in [0.15, 0.2) is 17.5 Å². The van der Waals surface area contributed by atoms with Gasteiger partial charge >= 0.3 is 0 Å². The molecule has 1 aromatic rings. The van der Waals surface area contributed by atoms with E-state index in [0.29, 0.717) is 18.1 Å². The van der Waals surface area contributed by atoms with E-state index in [1.54, 1.807) is 0 Å². The molecule has 0 bridgehead atoms. The van der Waals surface area contributed by atoms with Crippen LogP contribution in [0, 0.1) is 0 Å². The Hall–Kier alpha value is -0.0900. The van der Waals surface area contributed by atoms with Gasteiger partial charge in [0, 0.05) is 23.0 Å². The van der Waals surface area contributed by atoms with Crippen molar-refractivity contribution in [2.45, 2.75) is 50.7 Å². The summed E-state index contributed by atoms with van der Waals surface area (Å²) in [4.78, 5) is 1.41. The molecule has 0 aliphatic heterocycles. The van der Waals surface area contributed by atoms with Gasteiger partial charge in [-0.3, -0.25) is 0 Å². The average Bonchev–Trinajstić information content (AvgIpc) is 2.74. The van der Waals surface area contributed by atoms with Gasteiger partial charge in [0.05, 0.1) is 0 Å². The summed E-state index contributed by atoms with van der Waals surface area (Å²) in [6, 6.07) is 5.60. The molecule has 0 aromatic carbocycles. The van der Waals surface area contributed by atoms with Crippen LogP contribution in [0.25, 0.3) is 0 Å². The highest BCUT2D eigenvalue weighted by molar-refractivity contribution is 7.10. The molecule has 16 heavy (non-hydrogen) atoms. The monoisotopic (exact) mass is 260 g/mol. The molecule has 3 atom stereocenters. The Morgan fingerprint density at radius 3 is 2.81 bits per heavy atom. The van der Waals surface area contributed by atoms with Gasteiger partial charge < -0.3 is 11.1 Å². The molecule has 1 aliphatic carbocycles. The fourth-order valence-electron chi connectivity index (χ4n) is 2.31. The predicted molar refractivity (Wildman–Crippen MR) is 73.3 cm³/mol. The Morgan fingerprint density at radius 1 is 1.44 bits per heavy atom. The van der Waals surface area contributed by atoms with Gasteiger partial charge in [0.2, 0.25) is 0 Å². The van der Waals surface area contributed by atoms with E-state index in [9.17, 15) is 0 Å². The first-order valence-corrected chi connectivity index (χ1v) is 6.70. The molecule has 1 saturated carbocycles. The van der Waals surface area contributed by atoms with E-state index in [2.05, 4.69) is 29.8 Å². The van der Waals surface area contributed by atoms with Crippen LogP contribution in [0.5, 0.6) is 0 Å². The highest BCUT2D eigenvalue weighted by Crippen LogP contribution is 2.23. The van der Waals surface area contributed by atoms with E-state index in [-0.39, 0.29) is 12.4 Å². The molecule has 0 spiro atoms. The molecule has 3 unspecified atom stereocenters. The molecule has 1 fully saturated rings. The first-order valence-electron chi connectivity index (χ1n) is 5.82. The number of hydrogen-bond donors (Lipinski definition) is 2. The summed E-state index contributed by atoms with van der Waals surface area (Å²) in [6.07, 6.45) is 5.03. The summed E-state index contributed by atoms with van der Waals surface area (Å²) in [5.74, 6) is 0. The third-order valence-corrected chi connectivity index (χ3v) is 4.31. The van der Waals surface area contributed by atoms with E-state index in [1.165, 1.54) is 30.6 Å². The van der Waals surface area contributed by atoms with Crippen molar-refractivity contribution in [3.8, 4) is 0 Å². The van der Waals surface area contributed by atoms with E-state index >= 15 is 0 Å². The van der Waals surface area contributed by atoms with Crippen LogP contribution < -0.4 is 11.1 Å². The van der Waals surface area contributed by atoms with E-state index in [0.717, 1.165) is 0 Å². The highest BCUT2D eigenvalue weighted by atomic mass is 35.5. The van der Waals surface area contributed by atoms with Crippen molar-refractivity contribution in [3.05, 3.63) is 22.4 Å². The molecule has 0 saturated heterocycles. The maximum absolute atomic E-state index is 6.12. The Balaban J connectivity index is 0.00000128. The van der Waals surface area contributed by atoms with Crippen molar-refractivity contribution in [3.63, 3.8) is 0 Å². The minimum absolute atomic E-state index is 0. The molecular weight excluding hydrogens is 240 g/mol. The van der Waals surface area contributed by atoms with E-state index in [4.69, 9.17) is 5.73 Å². The van der Waals surface area contributed by atoms with Crippen LogP contribution in [0.2, 0.25) is 0 Å². The summed E-state index contributed by atoms with van der Waals surface area (Å²) < 4.78 is 0. The van der Waals surface area contributed by atoms with Crippen LogP contribution in [0.3, 0.4) is 0 Å². The zero-order chi connectivity index (χ0) is 10.7. The molecule has 0 radical (unpaired) electrons. The van der Waals surface area contributed by atoms with Gasteiger partial charge in [0.15, 0.2) is 0 Å². The molecule has 92 valence electrons. The molecule has 1 aliphatic rings. The number of halogens is 1. The number of thiophene rings is 1. The van der Waals surface area contributed by atoms with Crippen molar-refractivity contribution < 1.29 is 0 Å². The SMILES string of the molecule is CC(NC1CCCCC1N)c1cccs1.Cl. The third kappa shape index (κ3) is 3.45. The summed E-state index contributed by atoms with van der Waals surface area (Å²) >= 11 is 1.82. The van der Waals surface area contributed by atoms with Crippen molar-refractivity contribution in [2.75, 3.05) is 0 Å². The molecule has 1 aromatic heterocycles. The Bertz CT molecular complexity index is 289. The Labute approximate surface area is 108 Å². The first kappa shape index (κ1) is 14.0. The van der Waals surface area contributed by atoms with Crippen LogP contribution in [0.1, 0.15) is 43.5 Å². The topological polar surface area (TPSA) is 38.0 Å². The van der Waals surface area contributed by atoms with Gasteiger partial charge in [-0.15, -0.1) is 23.7 Å². The van der Waals surface area contributed by atoms with Crippen LogP contribution in [0.4, 0.5) is 0 Å². The number of rotatable bonds is 3. The van der Waals surface area contributed by atoms with Gasteiger partial charge in [-0.1, -0.05) is 18.9 Å². The normalized spacial score (nSPS) is 27.1. The second kappa shape index (κ2) is 6.60. The maximum Gasteiger partial charge on any atom is 0.0388 e. The van der Waals surface area contributed by atoms with Crippen molar-refractivity contribution in [1.82, 2.24) is 5.32 Å². The van der Waals surface area contributed by atoms with Crippen molar-refractivity contribution in [2.24, 2.45) is 5.73 Å². The number of hydrogen-bond acceptors (Lipinski definition) is 3. The second-order valence-corrected chi connectivity index (χ2v) is 5.44. The van der Waals surface area contributed by atoms with Crippen molar-refractivity contribution in [1.29, 1.82) is 0 Å². The minimum Gasteiger partial charge on any atom is -0.326 e. The quantitative estimate of drug-likeness (QED) is 0.877. The maximum atomic E-state index is 6.12. The Morgan fingerprint density at radius 2 is 2.19 bits per heavy atom. The zero-order valence-corrected chi connectivity index (χ0v) is 11.3. The first-order chi connectivity index (χ1) is 7.27. The fourth-order valence-corrected chi connectivity index (χ4v) is 3.05. The van der Waals surface area contributed by atoms with E-state index in [1.807, 2.05) is 11.3 Å². The second-order valence-electron chi connectivity index (χ2n) is 4.46.